The maximum atomic E-state index is 4.18. The SMILES string of the molecule is Cc1ccccc1C(C)NCCn1cccn1. The molecule has 0 aliphatic heterocycles. The minimum atomic E-state index is 0.381. The molecular weight excluding hydrogens is 210 g/mol. The van der Waals surface area contributed by atoms with Crippen LogP contribution in [0.1, 0.15) is 24.1 Å². The molecule has 0 aliphatic rings. The van der Waals surface area contributed by atoms with Crippen molar-refractivity contribution in [3.8, 4) is 0 Å². The highest BCUT2D eigenvalue weighted by Gasteiger charge is 2.06. The zero-order valence-electron chi connectivity index (χ0n) is 10.4. The molecule has 1 atom stereocenters. The molecule has 90 valence electrons. The van der Waals surface area contributed by atoms with Crippen LogP contribution in [0.25, 0.3) is 0 Å². The summed E-state index contributed by atoms with van der Waals surface area (Å²) in [4.78, 5) is 0. The van der Waals surface area contributed by atoms with Gasteiger partial charge in [-0.05, 0) is 31.0 Å². The summed E-state index contributed by atoms with van der Waals surface area (Å²) in [6.07, 6.45) is 3.80. The van der Waals surface area contributed by atoms with Crippen LogP contribution in [0, 0.1) is 6.92 Å². The van der Waals surface area contributed by atoms with Gasteiger partial charge >= 0.3 is 0 Å². The van der Waals surface area contributed by atoms with Crippen molar-refractivity contribution < 1.29 is 0 Å². The Labute approximate surface area is 102 Å². The standard InChI is InChI=1S/C14H19N3/c1-12-6-3-4-7-14(12)13(2)15-9-11-17-10-5-8-16-17/h3-8,10,13,15H,9,11H2,1-2H3. The van der Waals surface area contributed by atoms with E-state index in [2.05, 4.69) is 48.5 Å². The van der Waals surface area contributed by atoms with Crippen LogP contribution in [0.5, 0.6) is 0 Å². The lowest BCUT2D eigenvalue weighted by atomic mass is 10.0. The zero-order valence-corrected chi connectivity index (χ0v) is 10.4. The van der Waals surface area contributed by atoms with Crippen molar-refractivity contribution in [2.75, 3.05) is 6.54 Å². The van der Waals surface area contributed by atoms with E-state index in [1.54, 1.807) is 0 Å². The molecule has 1 aromatic carbocycles. The first-order valence-electron chi connectivity index (χ1n) is 6.03. The Hall–Kier alpha value is -1.61. The van der Waals surface area contributed by atoms with Crippen LogP contribution in [0.2, 0.25) is 0 Å². The minimum Gasteiger partial charge on any atom is -0.308 e. The molecule has 1 unspecified atom stereocenters. The van der Waals surface area contributed by atoms with E-state index in [1.807, 2.05) is 23.1 Å². The van der Waals surface area contributed by atoms with Gasteiger partial charge in [-0.1, -0.05) is 24.3 Å². The van der Waals surface area contributed by atoms with Gasteiger partial charge in [-0.2, -0.15) is 5.10 Å². The first-order chi connectivity index (χ1) is 8.27. The molecule has 1 aromatic heterocycles. The lowest BCUT2D eigenvalue weighted by molar-refractivity contribution is 0.506. The highest BCUT2D eigenvalue weighted by molar-refractivity contribution is 5.28. The largest absolute Gasteiger partial charge is 0.308 e. The zero-order chi connectivity index (χ0) is 12.1. The van der Waals surface area contributed by atoms with Crippen molar-refractivity contribution in [2.24, 2.45) is 0 Å². The third kappa shape index (κ3) is 3.17. The average molecular weight is 229 g/mol. The van der Waals surface area contributed by atoms with Crippen molar-refractivity contribution >= 4 is 0 Å². The Morgan fingerprint density at radius 2 is 2.12 bits per heavy atom. The number of benzene rings is 1. The third-order valence-electron chi connectivity index (χ3n) is 3.01. The van der Waals surface area contributed by atoms with Crippen LogP contribution >= 0.6 is 0 Å². The molecule has 0 fully saturated rings. The van der Waals surface area contributed by atoms with Gasteiger partial charge in [-0.25, -0.2) is 0 Å². The summed E-state index contributed by atoms with van der Waals surface area (Å²) in [5.74, 6) is 0. The lowest BCUT2D eigenvalue weighted by Gasteiger charge is -2.16. The Morgan fingerprint density at radius 1 is 1.29 bits per heavy atom. The van der Waals surface area contributed by atoms with Crippen molar-refractivity contribution in [3.63, 3.8) is 0 Å². The second-order valence-corrected chi connectivity index (χ2v) is 4.30. The molecule has 3 nitrogen and oxygen atoms in total. The maximum Gasteiger partial charge on any atom is 0.0534 e. The van der Waals surface area contributed by atoms with Gasteiger partial charge < -0.3 is 5.32 Å². The normalized spacial score (nSPS) is 12.6. The summed E-state index contributed by atoms with van der Waals surface area (Å²) in [7, 11) is 0. The van der Waals surface area contributed by atoms with Crippen LogP contribution in [0.15, 0.2) is 42.7 Å². The summed E-state index contributed by atoms with van der Waals surface area (Å²) in [5.41, 5.74) is 2.71. The second-order valence-electron chi connectivity index (χ2n) is 4.30. The van der Waals surface area contributed by atoms with Gasteiger partial charge in [-0.15, -0.1) is 0 Å². The minimum absolute atomic E-state index is 0.381. The smallest absolute Gasteiger partial charge is 0.0534 e. The quantitative estimate of drug-likeness (QED) is 0.854. The summed E-state index contributed by atoms with van der Waals surface area (Å²) in [6.45, 7) is 6.19. The molecule has 0 saturated heterocycles. The summed E-state index contributed by atoms with van der Waals surface area (Å²) in [5, 5.41) is 7.70. The average Bonchev–Trinajstić information content (AvgIpc) is 2.82. The third-order valence-corrected chi connectivity index (χ3v) is 3.01. The monoisotopic (exact) mass is 229 g/mol. The Kier molecular flexibility index (Phi) is 3.94. The Bertz CT molecular complexity index is 448. The topological polar surface area (TPSA) is 29.9 Å². The summed E-state index contributed by atoms with van der Waals surface area (Å²) < 4.78 is 1.94. The number of aromatic nitrogens is 2. The molecule has 3 heteroatoms. The molecule has 1 N–H and O–H groups in total. The van der Waals surface area contributed by atoms with Crippen molar-refractivity contribution in [1.82, 2.24) is 15.1 Å². The van der Waals surface area contributed by atoms with E-state index >= 15 is 0 Å². The first-order valence-corrected chi connectivity index (χ1v) is 6.03. The molecule has 0 bridgehead atoms. The molecule has 0 aliphatic carbocycles. The predicted octanol–water partition coefficient (Wildman–Crippen LogP) is 2.54. The van der Waals surface area contributed by atoms with Crippen LogP contribution in [-0.2, 0) is 6.54 Å². The molecule has 0 spiro atoms. The second kappa shape index (κ2) is 5.64. The fourth-order valence-corrected chi connectivity index (χ4v) is 2.01. The molecule has 2 rings (SSSR count). The van der Waals surface area contributed by atoms with Crippen molar-refractivity contribution in [2.45, 2.75) is 26.4 Å². The fourth-order valence-electron chi connectivity index (χ4n) is 2.01. The van der Waals surface area contributed by atoms with Gasteiger partial charge in [0.15, 0.2) is 0 Å². The van der Waals surface area contributed by atoms with Crippen molar-refractivity contribution in [1.29, 1.82) is 0 Å². The Morgan fingerprint density at radius 3 is 2.82 bits per heavy atom. The van der Waals surface area contributed by atoms with E-state index in [4.69, 9.17) is 0 Å². The molecule has 2 aromatic rings. The summed E-state index contributed by atoms with van der Waals surface area (Å²) in [6, 6.07) is 10.8. The lowest BCUT2D eigenvalue weighted by Crippen LogP contribution is -2.24. The summed E-state index contributed by atoms with van der Waals surface area (Å²) >= 11 is 0. The van der Waals surface area contributed by atoms with E-state index < -0.39 is 0 Å². The molecule has 0 saturated carbocycles. The molecule has 0 radical (unpaired) electrons. The van der Waals surface area contributed by atoms with E-state index in [0.29, 0.717) is 6.04 Å². The number of rotatable bonds is 5. The predicted molar refractivity (Wildman–Crippen MR) is 69.8 cm³/mol. The van der Waals surface area contributed by atoms with E-state index in [1.165, 1.54) is 11.1 Å². The van der Waals surface area contributed by atoms with Crippen LogP contribution in [0.3, 0.4) is 0 Å². The van der Waals surface area contributed by atoms with E-state index in [9.17, 15) is 0 Å². The van der Waals surface area contributed by atoms with Gasteiger partial charge in [0.2, 0.25) is 0 Å². The van der Waals surface area contributed by atoms with Crippen LogP contribution < -0.4 is 5.32 Å². The van der Waals surface area contributed by atoms with Gasteiger partial charge in [0.05, 0.1) is 6.54 Å². The highest BCUT2D eigenvalue weighted by Crippen LogP contribution is 2.16. The van der Waals surface area contributed by atoms with Gasteiger partial charge in [0.1, 0.15) is 0 Å². The molecule has 1 heterocycles. The van der Waals surface area contributed by atoms with Gasteiger partial charge in [-0.3, -0.25) is 4.68 Å². The highest BCUT2D eigenvalue weighted by atomic mass is 15.3. The number of hydrogen-bond donors (Lipinski definition) is 1. The number of aryl methyl sites for hydroxylation is 1. The van der Waals surface area contributed by atoms with Crippen LogP contribution in [0.4, 0.5) is 0 Å². The van der Waals surface area contributed by atoms with E-state index in [0.717, 1.165) is 13.1 Å². The molecule has 17 heavy (non-hydrogen) atoms. The van der Waals surface area contributed by atoms with E-state index in [-0.39, 0.29) is 0 Å². The number of hydrogen-bond acceptors (Lipinski definition) is 2. The van der Waals surface area contributed by atoms with Crippen LogP contribution in [-0.4, -0.2) is 16.3 Å². The molecular formula is C14H19N3. The number of nitrogens with one attached hydrogen (secondary N) is 1. The van der Waals surface area contributed by atoms with Gasteiger partial charge in [0.25, 0.3) is 0 Å². The Balaban J connectivity index is 1.85. The van der Waals surface area contributed by atoms with Crippen molar-refractivity contribution in [3.05, 3.63) is 53.9 Å². The van der Waals surface area contributed by atoms with Gasteiger partial charge in [0, 0.05) is 25.0 Å². The fraction of sp³-hybridized carbons (Fsp3) is 0.357. The first kappa shape index (κ1) is 11.9. The number of nitrogens with zero attached hydrogens (tertiary/aromatic N) is 2. The molecule has 0 amide bonds. The maximum absolute atomic E-state index is 4.18.